The van der Waals surface area contributed by atoms with Gasteiger partial charge in [-0.2, -0.15) is 0 Å². The Morgan fingerprint density at radius 2 is 1.51 bits per heavy atom. The van der Waals surface area contributed by atoms with E-state index >= 15 is 0 Å². The number of hydrogen-bond donors (Lipinski definition) is 1. The second kappa shape index (κ2) is 10.8. The van der Waals surface area contributed by atoms with Crippen molar-refractivity contribution in [1.29, 1.82) is 0 Å². The van der Waals surface area contributed by atoms with E-state index in [0.717, 1.165) is 28.7 Å². The van der Waals surface area contributed by atoms with Crippen LogP contribution in [0.5, 0.6) is 0 Å². The van der Waals surface area contributed by atoms with Crippen molar-refractivity contribution in [2.75, 3.05) is 6.61 Å². The van der Waals surface area contributed by atoms with E-state index in [0.29, 0.717) is 24.2 Å². The van der Waals surface area contributed by atoms with Gasteiger partial charge in [0.25, 0.3) is 0 Å². The van der Waals surface area contributed by atoms with E-state index in [4.69, 9.17) is 4.74 Å². The van der Waals surface area contributed by atoms with Gasteiger partial charge in [-0.3, -0.25) is 0 Å². The lowest BCUT2D eigenvalue weighted by Crippen LogP contribution is -1.97. The smallest absolute Gasteiger partial charge is 0.167 e. The van der Waals surface area contributed by atoms with Crippen molar-refractivity contribution in [3.05, 3.63) is 119 Å². The Morgan fingerprint density at radius 1 is 0.838 bits per heavy atom. The molecule has 2 nitrogen and oxygen atoms in total. The molecule has 0 radical (unpaired) electrons. The highest BCUT2D eigenvalue weighted by atomic mass is 19.2. The lowest BCUT2D eigenvalue weighted by atomic mass is 9.98. The van der Waals surface area contributed by atoms with Crippen LogP contribution in [0.1, 0.15) is 54.2 Å². The first kappa shape index (κ1) is 25.0. The molecule has 0 aromatic heterocycles. The summed E-state index contributed by atoms with van der Waals surface area (Å²) in [6.07, 6.45) is 4.04. The number of aliphatic hydroxyl groups is 1. The summed E-state index contributed by atoms with van der Waals surface area (Å²) in [7, 11) is 0. The van der Waals surface area contributed by atoms with Crippen molar-refractivity contribution < 1.29 is 23.0 Å². The van der Waals surface area contributed by atoms with Gasteiger partial charge in [0.2, 0.25) is 0 Å². The molecule has 5 rings (SSSR count). The van der Waals surface area contributed by atoms with Gasteiger partial charge in [0.1, 0.15) is 11.9 Å². The molecule has 0 bridgehead atoms. The van der Waals surface area contributed by atoms with Gasteiger partial charge in [-0.15, -0.1) is 0 Å². The van der Waals surface area contributed by atoms with Crippen LogP contribution in [0.25, 0.3) is 34.4 Å². The molecule has 4 aromatic carbocycles. The average molecular weight is 501 g/mol. The molecule has 1 aliphatic heterocycles. The number of epoxide rings is 1. The maximum atomic E-state index is 14.9. The average Bonchev–Trinajstić information content (AvgIpc) is 3.75. The zero-order valence-corrected chi connectivity index (χ0v) is 20.4. The number of aliphatic hydroxyl groups excluding tert-OH is 1. The van der Waals surface area contributed by atoms with Crippen molar-refractivity contribution in [3.63, 3.8) is 0 Å². The van der Waals surface area contributed by atoms with Gasteiger partial charge >= 0.3 is 0 Å². The Labute approximate surface area is 214 Å². The van der Waals surface area contributed by atoms with Crippen molar-refractivity contribution in [1.82, 2.24) is 0 Å². The minimum absolute atomic E-state index is 0.133. The number of halogens is 3. The van der Waals surface area contributed by atoms with E-state index in [-0.39, 0.29) is 23.0 Å². The largest absolute Gasteiger partial charge is 0.388 e. The Kier molecular flexibility index (Phi) is 7.26. The van der Waals surface area contributed by atoms with Gasteiger partial charge in [0, 0.05) is 16.7 Å². The van der Waals surface area contributed by atoms with Crippen molar-refractivity contribution in [2.24, 2.45) is 0 Å². The van der Waals surface area contributed by atoms with E-state index in [1.54, 1.807) is 48.5 Å². The molecule has 37 heavy (non-hydrogen) atoms. The minimum Gasteiger partial charge on any atom is -0.388 e. The fourth-order valence-corrected chi connectivity index (χ4v) is 4.41. The minimum atomic E-state index is -0.921. The SMILES string of the molecule is CCCC(O)c1ccc(-c2ccc(/C=C/c3ccc(-c4ccc(C5CO5)c(F)c4)cc3)c(F)c2F)cc1. The summed E-state index contributed by atoms with van der Waals surface area (Å²) in [5, 5.41) is 10.1. The van der Waals surface area contributed by atoms with Crippen LogP contribution >= 0.6 is 0 Å². The zero-order valence-electron chi connectivity index (χ0n) is 20.4. The first-order chi connectivity index (χ1) is 17.9. The molecule has 0 saturated carbocycles. The predicted molar refractivity (Wildman–Crippen MR) is 141 cm³/mol. The normalized spacial score (nSPS) is 15.8. The van der Waals surface area contributed by atoms with E-state index in [9.17, 15) is 18.3 Å². The molecule has 0 aliphatic carbocycles. The Hall–Kier alpha value is -3.67. The quantitative estimate of drug-likeness (QED) is 0.194. The Balaban J connectivity index is 1.31. The van der Waals surface area contributed by atoms with E-state index < -0.39 is 17.7 Å². The van der Waals surface area contributed by atoms with E-state index in [1.165, 1.54) is 12.1 Å². The third-order valence-electron chi connectivity index (χ3n) is 6.66. The molecule has 5 heteroatoms. The second-order valence-corrected chi connectivity index (χ2v) is 9.27. The van der Waals surface area contributed by atoms with Crippen LogP contribution in [0.4, 0.5) is 13.2 Å². The summed E-state index contributed by atoms with van der Waals surface area (Å²) in [6.45, 7) is 2.55. The van der Waals surface area contributed by atoms with Crippen LogP contribution in [0.15, 0.2) is 78.9 Å². The van der Waals surface area contributed by atoms with Crippen molar-refractivity contribution >= 4 is 12.2 Å². The molecule has 2 unspecified atom stereocenters. The molecule has 4 aromatic rings. The van der Waals surface area contributed by atoms with Gasteiger partial charge in [-0.05, 0) is 40.3 Å². The molecule has 2 atom stereocenters. The zero-order chi connectivity index (χ0) is 25.9. The standard InChI is InChI=1S/C32H27F3O2/c1-2-3-29(36)23-12-10-22(11-13-23)26-16-14-24(31(34)32(26)35)9-6-20-4-7-21(8-5-20)25-15-17-27(28(33)18-25)30-19-37-30/h4-18,29-30,36H,2-3,19H2,1H3/b9-6+. The number of ether oxygens (including phenoxy) is 1. The molecule has 1 heterocycles. The fraction of sp³-hybridized carbons (Fsp3) is 0.188. The van der Waals surface area contributed by atoms with Crippen LogP contribution in [0, 0.1) is 17.5 Å². The lowest BCUT2D eigenvalue weighted by Gasteiger charge is -2.11. The van der Waals surface area contributed by atoms with Crippen LogP contribution < -0.4 is 0 Å². The monoisotopic (exact) mass is 500 g/mol. The highest BCUT2D eigenvalue weighted by Gasteiger charge is 2.27. The van der Waals surface area contributed by atoms with Crippen molar-refractivity contribution in [2.45, 2.75) is 32.0 Å². The molecule has 1 fully saturated rings. The molecular weight excluding hydrogens is 473 g/mol. The van der Waals surface area contributed by atoms with Gasteiger partial charge < -0.3 is 9.84 Å². The number of rotatable bonds is 8. The summed E-state index contributed by atoms with van der Waals surface area (Å²) in [5.41, 5.74) is 4.60. The Bertz CT molecular complexity index is 1420. The molecule has 1 aliphatic rings. The van der Waals surface area contributed by atoms with Gasteiger partial charge in [-0.1, -0.05) is 98.3 Å². The molecule has 0 spiro atoms. The van der Waals surface area contributed by atoms with Crippen LogP contribution in [-0.4, -0.2) is 11.7 Å². The summed E-state index contributed by atoms with van der Waals surface area (Å²) < 4.78 is 49.3. The molecule has 188 valence electrons. The summed E-state index contributed by atoms with van der Waals surface area (Å²) in [4.78, 5) is 0. The third-order valence-corrected chi connectivity index (χ3v) is 6.66. The first-order valence-electron chi connectivity index (χ1n) is 12.4. The van der Waals surface area contributed by atoms with Gasteiger partial charge in [-0.25, -0.2) is 13.2 Å². The predicted octanol–water partition coefficient (Wildman–Crippen LogP) is 8.51. The fourth-order valence-electron chi connectivity index (χ4n) is 4.41. The van der Waals surface area contributed by atoms with Crippen LogP contribution in [0.2, 0.25) is 0 Å². The summed E-state index contributed by atoms with van der Waals surface area (Å²) in [6, 6.07) is 22.5. The van der Waals surface area contributed by atoms with Crippen molar-refractivity contribution in [3.8, 4) is 22.3 Å². The molecular formula is C32H27F3O2. The molecule has 1 N–H and O–H groups in total. The van der Waals surface area contributed by atoms with Gasteiger partial charge in [0.05, 0.1) is 12.7 Å². The van der Waals surface area contributed by atoms with E-state index in [2.05, 4.69) is 0 Å². The lowest BCUT2D eigenvalue weighted by molar-refractivity contribution is 0.166. The number of hydrogen-bond acceptors (Lipinski definition) is 2. The molecule has 0 amide bonds. The third kappa shape index (κ3) is 5.53. The summed E-state index contributed by atoms with van der Waals surface area (Å²) in [5.74, 6) is -2.12. The Morgan fingerprint density at radius 3 is 2.16 bits per heavy atom. The summed E-state index contributed by atoms with van der Waals surface area (Å²) >= 11 is 0. The highest BCUT2D eigenvalue weighted by Crippen LogP contribution is 2.34. The second-order valence-electron chi connectivity index (χ2n) is 9.27. The highest BCUT2D eigenvalue weighted by molar-refractivity contribution is 5.74. The number of benzene rings is 4. The van der Waals surface area contributed by atoms with Crippen LogP contribution in [-0.2, 0) is 4.74 Å². The topological polar surface area (TPSA) is 32.8 Å². The molecule has 1 saturated heterocycles. The van der Waals surface area contributed by atoms with Gasteiger partial charge in [0.15, 0.2) is 11.6 Å². The van der Waals surface area contributed by atoms with Crippen LogP contribution in [0.3, 0.4) is 0 Å². The first-order valence-corrected chi connectivity index (χ1v) is 12.4. The maximum absolute atomic E-state index is 14.9. The maximum Gasteiger partial charge on any atom is 0.167 e. The van der Waals surface area contributed by atoms with E-state index in [1.807, 2.05) is 37.3 Å².